The van der Waals surface area contributed by atoms with Gasteiger partial charge in [0.05, 0.1) is 11.6 Å². The molecule has 1 aromatic carbocycles. The normalized spacial score (nSPS) is 17.7. The lowest BCUT2D eigenvalue weighted by Gasteiger charge is -2.34. The fraction of sp³-hybridized carbons (Fsp3) is 0.500. The molecule has 1 aromatic rings. The summed E-state index contributed by atoms with van der Waals surface area (Å²) in [5, 5.41) is 32.0. The summed E-state index contributed by atoms with van der Waals surface area (Å²) in [6.07, 6.45) is 0. The highest BCUT2D eigenvalue weighted by molar-refractivity contribution is 5.85. The zero-order valence-corrected chi connectivity index (χ0v) is 11.2. The van der Waals surface area contributed by atoms with Crippen LogP contribution in [0.5, 0.6) is 17.2 Å². The number of piperazine rings is 1. The number of aromatic hydroxyl groups is 3. The number of benzene rings is 1. The molecule has 0 aliphatic carbocycles. The molecule has 0 bridgehead atoms. The zero-order valence-electron chi connectivity index (χ0n) is 10.3. The molecule has 7 heteroatoms. The monoisotopic (exact) mass is 292 g/mol. The smallest absolute Gasteiger partial charge is 0.127 e. The fourth-order valence-electron chi connectivity index (χ4n) is 2.30. The SMILES string of the molecule is Cl.Oc1cc(O)c([C@@H](CF)N2CCNCC2)c(O)c1. The number of alkyl halides is 1. The minimum absolute atomic E-state index is 0. The van der Waals surface area contributed by atoms with E-state index >= 15 is 0 Å². The van der Waals surface area contributed by atoms with E-state index in [1.807, 2.05) is 4.90 Å². The first-order chi connectivity index (χ1) is 8.63. The third-order valence-corrected chi connectivity index (χ3v) is 3.19. The van der Waals surface area contributed by atoms with Crippen molar-refractivity contribution in [1.82, 2.24) is 10.2 Å². The molecule has 0 spiro atoms. The first-order valence-electron chi connectivity index (χ1n) is 5.89. The lowest BCUT2D eigenvalue weighted by atomic mass is 10.0. The Hall–Kier alpha value is -1.24. The zero-order chi connectivity index (χ0) is 13.1. The van der Waals surface area contributed by atoms with Crippen molar-refractivity contribution in [3.05, 3.63) is 17.7 Å². The second-order valence-corrected chi connectivity index (χ2v) is 4.35. The van der Waals surface area contributed by atoms with Crippen molar-refractivity contribution < 1.29 is 19.7 Å². The highest BCUT2D eigenvalue weighted by Crippen LogP contribution is 2.39. The molecule has 2 rings (SSSR count). The summed E-state index contributed by atoms with van der Waals surface area (Å²) in [4.78, 5) is 1.86. The van der Waals surface area contributed by atoms with Crippen molar-refractivity contribution in [3.8, 4) is 17.2 Å². The van der Waals surface area contributed by atoms with E-state index in [2.05, 4.69) is 5.32 Å². The molecule has 0 amide bonds. The van der Waals surface area contributed by atoms with Gasteiger partial charge in [0, 0.05) is 38.3 Å². The van der Waals surface area contributed by atoms with E-state index in [9.17, 15) is 19.7 Å². The summed E-state index contributed by atoms with van der Waals surface area (Å²) in [5.41, 5.74) is 0.136. The average Bonchev–Trinajstić information content (AvgIpc) is 2.34. The number of rotatable bonds is 3. The Kier molecular flexibility index (Phi) is 5.65. The highest BCUT2D eigenvalue weighted by atomic mass is 35.5. The van der Waals surface area contributed by atoms with E-state index in [0.717, 1.165) is 25.2 Å². The fourth-order valence-corrected chi connectivity index (χ4v) is 2.30. The molecule has 19 heavy (non-hydrogen) atoms. The van der Waals surface area contributed by atoms with Gasteiger partial charge in [-0.25, -0.2) is 4.39 Å². The van der Waals surface area contributed by atoms with Crippen LogP contribution in [0.25, 0.3) is 0 Å². The number of phenolic OH excluding ortho intramolecular Hbond substituents is 3. The molecule has 0 saturated carbocycles. The summed E-state index contributed by atoms with van der Waals surface area (Å²) < 4.78 is 13.2. The maximum atomic E-state index is 13.2. The van der Waals surface area contributed by atoms with Crippen molar-refractivity contribution in [2.45, 2.75) is 6.04 Å². The Morgan fingerprint density at radius 1 is 1.16 bits per heavy atom. The van der Waals surface area contributed by atoms with Crippen LogP contribution in [-0.4, -0.2) is 53.1 Å². The number of hydrogen-bond acceptors (Lipinski definition) is 5. The number of halogens is 2. The summed E-state index contributed by atoms with van der Waals surface area (Å²) in [6, 6.07) is 1.53. The van der Waals surface area contributed by atoms with E-state index in [-0.39, 0.29) is 35.2 Å². The molecule has 108 valence electrons. The van der Waals surface area contributed by atoms with Gasteiger partial charge in [0.25, 0.3) is 0 Å². The molecular weight excluding hydrogens is 275 g/mol. The number of nitrogens with zero attached hydrogens (tertiary/aromatic N) is 1. The van der Waals surface area contributed by atoms with Crippen LogP contribution in [0.15, 0.2) is 12.1 Å². The van der Waals surface area contributed by atoms with Crippen molar-refractivity contribution in [2.75, 3.05) is 32.9 Å². The van der Waals surface area contributed by atoms with Gasteiger partial charge in [0.2, 0.25) is 0 Å². The number of hydrogen-bond donors (Lipinski definition) is 4. The third-order valence-electron chi connectivity index (χ3n) is 3.19. The Morgan fingerprint density at radius 3 is 2.16 bits per heavy atom. The molecule has 1 heterocycles. The molecule has 0 aromatic heterocycles. The molecule has 1 aliphatic rings. The van der Waals surface area contributed by atoms with Crippen LogP contribution in [0.1, 0.15) is 11.6 Å². The average molecular weight is 293 g/mol. The first-order valence-corrected chi connectivity index (χ1v) is 5.89. The second kappa shape index (κ2) is 6.79. The second-order valence-electron chi connectivity index (χ2n) is 4.35. The van der Waals surface area contributed by atoms with E-state index in [1.54, 1.807) is 0 Å². The molecule has 0 unspecified atom stereocenters. The van der Waals surface area contributed by atoms with Gasteiger partial charge in [-0.1, -0.05) is 0 Å². The maximum absolute atomic E-state index is 13.2. The minimum atomic E-state index is -0.702. The largest absolute Gasteiger partial charge is 0.508 e. The molecule has 4 N–H and O–H groups in total. The topological polar surface area (TPSA) is 76.0 Å². The van der Waals surface area contributed by atoms with Crippen LogP contribution >= 0.6 is 12.4 Å². The predicted molar refractivity (Wildman–Crippen MR) is 71.8 cm³/mol. The number of nitrogens with one attached hydrogen (secondary N) is 1. The Labute approximate surface area is 117 Å². The van der Waals surface area contributed by atoms with Gasteiger partial charge in [-0.3, -0.25) is 4.90 Å². The van der Waals surface area contributed by atoms with Crippen LogP contribution in [0, 0.1) is 0 Å². The van der Waals surface area contributed by atoms with E-state index in [0.29, 0.717) is 13.1 Å². The van der Waals surface area contributed by atoms with E-state index in [1.165, 1.54) is 0 Å². The maximum Gasteiger partial charge on any atom is 0.127 e. The van der Waals surface area contributed by atoms with Crippen LogP contribution in [0.3, 0.4) is 0 Å². The van der Waals surface area contributed by atoms with Crippen LogP contribution < -0.4 is 5.32 Å². The molecule has 5 nitrogen and oxygen atoms in total. The highest BCUT2D eigenvalue weighted by Gasteiger charge is 2.27. The quantitative estimate of drug-likeness (QED) is 0.672. The van der Waals surface area contributed by atoms with Gasteiger partial charge in [0.15, 0.2) is 0 Å². The van der Waals surface area contributed by atoms with Crippen LogP contribution in [0.4, 0.5) is 4.39 Å². The predicted octanol–water partition coefficient (Wildman–Crippen LogP) is 1.14. The van der Waals surface area contributed by atoms with E-state index in [4.69, 9.17) is 0 Å². The van der Waals surface area contributed by atoms with Gasteiger partial charge in [-0.15, -0.1) is 12.4 Å². The van der Waals surface area contributed by atoms with Crippen molar-refractivity contribution in [2.24, 2.45) is 0 Å². The van der Waals surface area contributed by atoms with Gasteiger partial charge in [-0.2, -0.15) is 0 Å². The van der Waals surface area contributed by atoms with Crippen LogP contribution in [-0.2, 0) is 0 Å². The number of phenols is 3. The summed E-state index contributed by atoms with van der Waals surface area (Å²) in [7, 11) is 0. The molecular formula is C12H18ClFN2O3. The van der Waals surface area contributed by atoms with Gasteiger partial charge < -0.3 is 20.6 Å². The lowest BCUT2D eigenvalue weighted by molar-refractivity contribution is 0.142. The standard InChI is InChI=1S/C12H17FN2O3.ClH/c13-7-9(15-3-1-14-2-4-15)12-10(17)5-8(16)6-11(12)18;/h5-6,9,14,16-18H,1-4,7H2;1H/t9-;/m1./s1. The molecule has 1 fully saturated rings. The van der Waals surface area contributed by atoms with Crippen molar-refractivity contribution in [1.29, 1.82) is 0 Å². The Morgan fingerprint density at radius 2 is 1.68 bits per heavy atom. The Bertz CT molecular complexity index is 404. The molecule has 1 aliphatic heterocycles. The van der Waals surface area contributed by atoms with Gasteiger partial charge >= 0.3 is 0 Å². The minimum Gasteiger partial charge on any atom is -0.508 e. The lowest BCUT2D eigenvalue weighted by Crippen LogP contribution is -2.45. The van der Waals surface area contributed by atoms with Crippen molar-refractivity contribution in [3.63, 3.8) is 0 Å². The summed E-state index contributed by atoms with van der Waals surface area (Å²) in [5.74, 6) is -0.811. The summed E-state index contributed by atoms with van der Waals surface area (Å²) >= 11 is 0. The molecule has 1 saturated heterocycles. The van der Waals surface area contributed by atoms with E-state index < -0.39 is 12.7 Å². The van der Waals surface area contributed by atoms with Crippen molar-refractivity contribution >= 4 is 12.4 Å². The van der Waals surface area contributed by atoms with Gasteiger partial charge in [-0.05, 0) is 0 Å². The summed E-state index contributed by atoms with van der Waals surface area (Å²) in [6.45, 7) is 2.08. The third kappa shape index (κ3) is 3.40. The molecule has 0 radical (unpaired) electrons. The van der Waals surface area contributed by atoms with Crippen LogP contribution in [0.2, 0.25) is 0 Å². The van der Waals surface area contributed by atoms with Gasteiger partial charge in [0.1, 0.15) is 23.9 Å². The first kappa shape index (κ1) is 15.8. The molecule has 1 atom stereocenters. The Balaban J connectivity index is 0.00000180.